The van der Waals surface area contributed by atoms with Crippen molar-refractivity contribution in [3.05, 3.63) is 0 Å². The van der Waals surface area contributed by atoms with Gasteiger partial charge in [0, 0.05) is 14.2 Å². The Morgan fingerprint density at radius 1 is 1.08 bits per heavy atom. The Hall–Kier alpha value is 1.03. The molecule has 0 aliphatic heterocycles. The van der Waals surface area contributed by atoms with Crippen molar-refractivity contribution in [1.29, 1.82) is 0 Å². The van der Waals surface area contributed by atoms with Crippen LogP contribution in [0.4, 0.5) is 0 Å². The summed E-state index contributed by atoms with van der Waals surface area (Å²) in [5.74, 6) is 0. The zero-order valence-electron chi connectivity index (χ0n) is 6.46. The second-order valence-corrected chi connectivity index (χ2v) is 4.51. The number of hydrogen-bond acceptors (Lipinski definition) is 7. The number of phosphoric acid groups is 2. The zero-order chi connectivity index (χ0) is 9.12. The van der Waals surface area contributed by atoms with E-state index in [1.54, 1.807) is 0 Å². The molecule has 0 saturated heterocycles. The minimum atomic E-state index is -5.33. The average Bonchev–Trinajstić information content (AvgIpc) is 1.84. The van der Waals surface area contributed by atoms with Crippen LogP contribution in [0.25, 0.3) is 0 Å². The van der Waals surface area contributed by atoms with Gasteiger partial charge in [-0.1, -0.05) is 0 Å². The predicted octanol–water partition coefficient (Wildman–Crippen LogP) is -1.15. The SMILES string of the molecule is COP(=O)(OC)OP(=O)([O-])[O-].[Mg+2]. The Labute approximate surface area is 85.4 Å². The van der Waals surface area contributed by atoms with E-state index in [-0.39, 0.29) is 23.1 Å². The predicted molar refractivity (Wildman–Crippen MR) is 36.1 cm³/mol. The third-order valence-corrected chi connectivity index (χ3v) is 3.14. The molecule has 0 saturated carbocycles. The van der Waals surface area contributed by atoms with Crippen LogP contribution in [0, 0.1) is 0 Å². The summed E-state index contributed by atoms with van der Waals surface area (Å²) in [6, 6.07) is 0. The molecule has 10 heteroatoms. The van der Waals surface area contributed by atoms with Crippen LogP contribution in [0.5, 0.6) is 0 Å². The monoisotopic (exact) mass is 228 g/mol. The van der Waals surface area contributed by atoms with Crippen LogP contribution in [-0.2, 0) is 22.5 Å². The Morgan fingerprint density at radius 2 is 1.42 bits per heavy atom. The van der Waals surface area contributed by atoms with Crippen LogP contribution in [0.3, 0.4) is 0 Å². The minimum Gasteiger partial charge on any atom is -0.789 e. The maximum atomic E-state index is 10.7. The number of hydrogen-bond donors (Lipinski definition) is 0. The van der Waals surface area contributed by atoms with Crippen molar-refractivity contribution < 1.29 is 32.3 Å². The number of phosphoric ester groups is 1. The Kier molecular flexibility index (Phi) is 7.35. The molecule has 7 nitrogen and oxygen atoms in total. The Bertz CT molecular complexity index is 201. The first-order valence-electron chi connectivity index (χ1n) is 2.28. The van der Waals surface area contributed by atoms with E-state index in [0.29, 0.717) is 0 Å². The Balaban J connectivity index is 0. The van der Waals surface area contributed by atoms with Crippen LogP contribution < -0.4 is 9.79 Å². The molecule has 0 N–H and O–H groups in total. The standard InChI is InChI=1S/C2H8O7P2.Mg/c1-7-11(6,8-2)9-10(3,4)5;/h1-2H3,(H2,3,4,5);/q;+2/p-2. The summed E-state index contributed by atoms with van der Waals surface area (Å²) in [7, 11) is -7.75. The molecule has 0 aromatic heterocycles. The third kappa shape index (κ3) is 6.53. The molecular weight excluding hydrogens is 222 g/mol. The molecule has 0 fully saturated rings. The van der Waals surface area contributed by atoms with Gasteiger partial charge >= 0.3 is 30.9 Å². The van der Waals surface area contributed by atoms with Crippen LogP contribution >= 0.6 is 15.6 Å². The van der Waals surface area contributed by atoms with Crippen molar-refractivity contribution in [2.45, 2.75) is 0 Å². The van der Waals surface area contributed by atoms with Crippen molar-refractivity contribution in [3.63, 3.8) is 0 Å². The summed E-state index contributed by atoms with van der Waals surface area (Å²) in [5, 5.41) is 0. The molecule has 0 aliphatic rings. The fourth-order valence-electron chi connectivity index (χ4n) is 0.264. The molecular formula is C2H6MgO7P2. The second-order valence-electron chi connectivity index (χ2n) is 1.34. The Morgan fingerprint density at radius 3 is 1.50 bits per heavy atom. The molecule has 68 valence electrons. The van der Waals surface area contributed by atoms with E-state index >= 15 is 0 Å². The van der Waals surface area contributed by atoms with Gasteiger partial charge in [0.25, 0.3) is 0 Å². The minimum absolute atomic E-state index is 0. The van der Waals surface area contributed by atoms with Crippen molar-refractivity contribution >= 4 is 38.7 Å². The van der Waals surface area contributed by atoms with Gasteiger partial charge in [-0.15, -0.1) is 0 Å². The summed E-state index contributed by atoms with van der Waals surface area (Å²) < 4.78 is 32.1. The molecule has 0 atom stereocenters. The zero-order valence-corrected chi connectivity index (χ0v) is 9.66. The second kappa shape index (κ2) is 5.69. The molecule has 0 heterocycles. The molecule has 0 aromatic carbocycles. The van der Waals surface area contributed by atoms with E-state index in [9.17, 15) is 18.9 Å². The fourth-order valence-corrected chi connectivity index (χ4v) is 1.93. The quantitative estimate of drug-likeness (QED) is 0.441. The maximum absolute atomic E-state index is 10.7. The van der Waals surface area contributed by atoms with Crippen LogP contribution in [-0.4, -0.2) is 37.3 Å². The van der Waals surface area contributed by atoms with E-state index < -0.39 is 15.6 Å². The van der Waals surface area contributed by atoms with Gasteiger partial charge in [-0.2, -0.15) is 0 Å². The molecule has 0 aromatic rings. The average molecular weight is 228 g/mol. The van der Waals surface area contributed by atoms with Crippen LogP contribution in [0.15, 0.2) is 0 Å². The maximum Gasteiger partial charge on any atom is 2.00 e. The van der Waals surface area contributed by atoms with Gasteiger partial charge in [0.1, 0.15) is 0 Å². The first-order chi connectivity index (χ1) is 4.83. The van der Waals surface area contributed by atoms with E-state index in [1.165, 1.54) is 0 Å². The van der Waals surface area contributed by atoms with E-state index in [1.807, 2.05) is 0 Å². The first-order valence-corrected chi connectivity index (χ1v) is 5.20. The fraction of sp³-hybridized carbons (Fsp3) is 1.00. The van der Waals surface area contributed by atoms with E-state index in [2.05, 4.69) is 13.4 Å². The molecule has 0 radical (unpaired) electrons. The summed E-state index contributed by atoms with van der Waals surface area (Å²) in [6.45, 7) is 0. The van der Waals surface area contributed by atoms with Crippen molar-refractivity contribution in [3.8, 4) is 0 Å². The van der Waals surface area contributed by atoms with Gasteiger partial charge in [-0.05, 0) is 0 Å². The number of rotatable bonds is 4. The van der Waals surface area contributed by atoms with Gasteiger partial charge in [0.15, 0.2) is 0 Å². The molecule has 0 amide bonds. The van der Waals surface area contributed by atoms with Gasteiger partial charge in [0.05, 0.1) is 7.82 Å². The molecule has 0 rings (SSSR count). The molecule has 0 bridgehead atoms. The topological polar surface area (TPSA) is 108 Å². The summed E-state index contributed by atoms with van der Waals surface area (Å²) in [6.07, 6.45) is 0. The van der Waals surface area contributed by atoms with Gasteiger partial charge in [-0.25, -0.2) is 4.57 Å². The van der Waals surface area contributed by atoms with Crippen LogP contribution in [0.2, 0.25) is 0 Å². The third-order valence-electron chi connectivity index (χ3n) is 0.647. The van der Waals surface area contributed by atoms with E-state index in [4.69, 9.17) is 0 Å². The smallest absolute Gasteiger partial charge is 0.789 e. The van der Waals surface area contributed by atoms with Crippen molar-refractivity contribution in [2.24, 2.45) is 0 Å². The van der Waals surface area contributed by atoms with Gasteiger partial charge in [0.2, 0.25) is 0 Å². The van der Waals surface area contributed by atoms with Crippen molar-refractivity contribution in [1.82, 2.24) is 0 Å². The molecule has 0 unspecified atom stereocenters. The summed E-state index contributed by atoms with van der Waals surface area (Å²) in [4.78, 5) is 19.8. The largest absolute Gasteiger partial charge is 2.00 e. The summed E-state index contributed by atoms with van der Waals surface area (Å²) in [5.41, 5.74) is 0. The van der Waals surface area contributed by atoms with Gasteiger partial charge < -0.3 is 14.4 Å². The summed E-state index contributed by atoms with van der Waals surface area (Å²) >= 11 is 0. The van der Waals surface area contributed by atoms with E-state index in [0.717, 1.165) is 14.2 Å². The molecule has 12 heavy (non-hydrogen) atoms. The first kappa shape index (κ1) is 15.5. The normalized spacial score (nSPS) is 12.3. The van der Waals surface area contributed by atoms with Gasteiger partial charge in [-0.3, -0.25) is 13.4 Å². The molecule has 0 spiro atoms. The van der Waals surface area contributed by atoms with Crippen molar-refractivity contribution in [2.75, 3.05) is 14.2 Å². The molecule has 0 aliphatic carbocycles. The van der Waals surface area contributed by atoms with Crippen LogP contribution in [0.1, 0.15) is 0 Å².